The third kappa shape index (κ3) is 2.24. The van der Waals surface area contributed by atoms with Gasteiger partial charge in [-0.25, -0.2) is 0 Å². The highest BCUT2D eigenvalue weighted by Crippen LogP contribution is 2.28. The van der Waals surface area contributed by atoms with E-state index < -0.39 is 0 Å². The lowest BCUT2D eigenvalue weighted by Crippen LogP contribution is -2.07. The number of para-hydroxylation sites is 1. The lowest BCUT2D eigenvalue weighted by Gasteiger charge is -2.04. The summed E-state index contributed by atoms with van der Waals surface area (Å²) < 4.78 is 6.81. The Morgan fingerprint density at radius 1 is 1.44 bits per heavy atom. The van der Waals surface area contributed by atoms with Gasteiger partial charge >= 0.3 is 0 Å². The zero-order chi connectivity index (χ0) is 13.1. The van der Waals surface area contributed by atoms with Crippen LogP contribution in [0.1, 0.15) is 10.5 Å². The van der Waals surface area contributed by atoms with Crippen LogP contribution in [0.15, 0.2) is 30.3 Å². The minimum absolute atomic E-state index is 0.0507. The molecular weight excluding hydrogens is 252 g/mol. The SMILES string of the molecule is COc1ccccc1-c1cc(C(=O)CCl)n(C)n1. The van der Waals surface area contributed by atoms with Crippen LogP contribution in [0, 0.1) is 0 Å². The van der Waals surface area contributed by atoms with Crippen molar-refractivity contribution < 1.29 is 9.53 Å². The Kier molecular flexibility index (Phi) is 3.67. The molecule has 0 amide bonds. The van der Waals surface area contributed by atoms with E-state index >= 15 is 0 Å². The second-order valence-electron chi connectivity index (χ2n) is 3.80. The van der Waals surface area contributed by atoms with E-state index in [-0.39, 0.29) is 11.7 Å². The molecule has 5 heteroatoms. The van der Waals surface area contributed by atoms with Crippen molar-refractivity contribution in [1.82, 2.24) is 9.78 Å². The molecule has 0 saturated heterocycles. The summed E-state index contributed by atoms with van der Waals surface area (Å²) >= 11 is 5.56. The van der Waals surface area contributed by atoms with Crippen molar-refractivity contribution in [1.29, 1.82) is 0 Å². The number of halogens is 1. The van der Waals surface area contributed by atoms with Gasteiger partial charge < -0.3 is 4.74 Å². The molecule has 0 N–H and O–H groups in total. The van der Waals surface area contributed by atoms with Gasteiger partial charge in [0.15, 0.2) is 5.78 Å². The molecule has 0 aliphatic carbocycles. The van der Waals surface area contributed by atoms with E-state index in [0.717, 1.165) is 11.3 Å². The molecule has 4 nitrogen and oxygen atoms in total. The van der Waals surface area contributed by atoms with E-state index in [9.17, 15) is 4.79 Å². The number of carbonyl (C=O) groups is 1. The third-order valence-electron chi connectivity index (χ3n) is 2.67. The van der Waals surface area contributed by atoms with E-state index in [0.29, 0.717) is 11.4 Å². The van der Waals surface area contributed by atoms with Gasteiger partial charge in [0.05, 0.1) is 18.7 Å². The molecule has 1 heterocycles. The Labute approximate surface area is 110 Å². The van der Waals surface area contributed by atoms with Gasteiger partial charge in [0.2, 0.25) is 0 Å². The van der Waals surface area contributed by atoms with Crippen molar-refractivity contribution in [3.63, 3.8) is 0 Å². The Balaban J connectivity index is 2.49. The van der Waals surface area contributed by atoms with Crippen LogP contribution in [0.3, 0.4) is 0 Å². The third-order valence-corrected chi connectivity index (χ3v) is 2.91. The van der Waals surface area contributed by atoms with Crippen LogP contribution in [0.25, 0.3) is 11.3 Å². The van der Waals surface area contributed by atoms with Gasteiger partial charge in [-0.15, -0.1) is 11.6 Å². The number of hydrogen-bond acceptors (Lipinski definition) is 3. The number of rotatable bonds is 4. The normalized spacial score (nSPS) is 10.4. The molecule has 0 fully saturated rings. The highest BCUT2D eigenvalue weighted by atomic mass is 35.5. The van der Waals surface area contributed by atoms with Crippen molar-refractivity contribution in [2.45, 2.75) is 0 Å². The fourth-order valence-electron chi connectivity index (χ4n) is 1.78. The summed E-state index contributed by atoms with van der Waals surface area (Å²) in [6, 6.07) is 9.26. The Morgan fingerprint density at radius 2 is 2.17 bits per heavy atom. The Bertz CT molecular complexity index is 578. The van der Waals surface area contributed by atoms with Crippen LogP contribution in [0.2, 0.25) is 0 Å². The van der Waals surface area contributed by atoms with Gasteiger partial charge in [0.25, 0.3) is 0 Å². The summed E-state index contributed by atoms with van der Waals surface area (Å²) in [7, 11) is 3.32. The number of hydrogen-bond donors (Lipinski definition) is 0. The molecule has 0 saturated carbocycles. The first-order valence-electron chi connectivity index (χ1n) is 5.44. The zero-order valence-electron chi connectivity index (χ0n) is 10.2. The molecular formula is C13H13ClN2O2. The van der Waals surface area contributed by atoms with Gasteiger partial charge in [-0.2, -0.15) is 5.10 Å². The van der Waals surface area contributed by atoms with Crippen molar-refractivity contribution >= 4 is 17.4 Å². The van der Waals surface area contributed by atoms with Crippen LogP contribution in [0.4, 0.5) is 0 Å². The molecule has 1 aromatic carbocycles. The summed E-state index contributed by atoms with van der Waals surface area (Å²) in [5, 5.41) is 4.32. The highest BCUT2D eigenvalue weighted by molar-refractivity contribution is 6.30. The minimum Gasteiger partial charge on any atom is -0.496 e. The second kappa shape index (κ2) is 5.23. The molecule has 94 valence electrons. The number of benzene rings is 1. The minimum atomic E-state index is -0.146. The highest BCUT2D eigenvalue weighted by Gasteiger charge is 2.15. The van der Waals surface area contributed by atoms with Crippen LogP contribution in [-0.4, -0.2) is 28.6 Å². The molecule has 0 unspecified atom stereocenters. The number of aryl methyl sites for hydroxylation is 1. The second-order valence-corrected chi connectivity index (χ2v) is 4.06. The monoisotopic (exact) mass is 264 g/mol. The fraction of sp³-hybridized carbons (Fsp3) is 0.231. The number of ketones is 1. The first kappa shape index (κ1) is 12.6. The van der Waals surface area contributed by atoms with Gasteiger partial charge in [-0.3, -0.25) is 9.48 Å². The lowest BCUT2D eigenvalue weighted by atomic mass is 10.1. The van der Waals surface area contributed by atoms with Crippen LogP contribution < -0.4 is 4.74 Å². The van der Waals surface area contributed by atoms with Crippen LogP contribution in [-0.2, 0) is 7.05 Å². The van der Waals surface area contributed by atoms with Gasteiger partial charge in [0.1, 0.15) is 11.4 Å². The lowest BCUT2D eigenvalue weighted by molar-refractivity contribution is 0.101. The van der Waals surface area contributed by atoms with Crippen molar-refractivity contribution in [3.05, 3.63) is 36.0 Å². The predicted molar refractivity (Wildman–Crippen MR) is 70.2 cm³/mol. The smallest absolute Gasteiger partial charge is 0.195 e. The molecule has 0 bridgehead atoms. The maximum absolute atomic E-state index is 11.6. The maximum atomic E-state index is 11.6. The molecule has 2 rings (SSSR count). The van der Waals surface area contributed by atoms with E-state index in [1.54, 1.807) is 20.2 Å². The van der Waals surface area contributed by atoms with Crippen LogP contribution >= 0.6 is 11.6 Å². The standard InChI is InChI=1S/C13H13ClN2O2/c1-16-11(12(17)8-14)7-10(15-16)9-5-3-4-6-13(9)18-2/h3-7H,8H2,1-2H3. The average molecular weight is 265 g/mol. The predicted octanol–water partition coefficient (Wildman–Crippen LogP) is 2.52. The van der Waals surface area contributed by atoms with Gasteiger partial charge in [-0.05, 0) is 18.2 Å². The van der Waals surface area contributed by atoms with E-state index in [4.69, 9.17) is 16.3 Å². The molecule has 18 heavy (non-hydrogen) atoms. The Morgan fingerprint density at radius 3 is 2.83 bits per heavy atom. The summed E-state index contributed by atoms with van der Waals surface area (Å²) in [4.78, 5) is 11.6. The number of nitrogens with zero attached hydrogens (tertiary/aromatic N) is 2. The average Bonchev–Trinajstić information content (AvgIpc) is 2.79. The first-order chi connectivity index (χ1) is 8.67. The number of alkyl halides is 1. The molecule has 0 atom stereocenters. The zero-order valence-corrected chi connectivity index (χ0v) is 10.9. The maximum Gasteiger partial charge on any atom is 0.195 e. The number of Topliss-reactive ketones (excluding diaryl/α,β-unsaturated/α-hetero) is 1. The van der Waals surface area contributed by atoms with Crippen molar-refractivity contribution in [2.75, 3.05) is 13.0 Å². The summed E-state index contributed by atoms with van der Waals surface area (Å²) in [5.74, 6) is 0.526. The van der Waals surface area contributed by atoms with Gasteiger partial charge in [0, 0.05) is 12.6 Å². The largest absolute Gasteiger partial charge is 0.496 e. The first-order valence-corrected chi connectivity index (χ1v) is 5.97. The summed E-state index contributed by atoms with van der Waals surface area (Å²) in [5.41, 5.74) is 2.04. The quantitative estimate of drug-likeness (QED) is 0.630. The number of ether oxygens (including phenoxy) is 1. The summed E-state index contributed by atoms with van der Waals surface area (Å²) in [6.45, 7) is 0. The topological polar surface area (TPSA) is 44.1 Å². The van der Waals surface area contributed by atoms with Crippen molar-refractivity contribution in [3.8, 4) is 17.0 Å². The van der Waals surface area contributed by atoms with Crippen LogP contribution in [0.5, 0.6) is 5.75 Å². The Hall–Kier alpha value is -1.81. The molecule has 0 aliphatic rings. The number of methoxy groups -OCH3 is 1. The van der Waals surface area contributed by atoms with Crippen molar-refractivity contribution in [2.24, 2.45) is 7.05 Å². The molecule has 0 aliphatic heterocycles. The fourth-order valence-corrected chi connectivity index (χ4v) is 1.92. The van der Waals surface area contributed by atoms with Gasteiger partial charge in [-0.1, -0.05) is 12.1 Å². The molecule has 2 aromatic rings. The molecule has 0 radical (unpaired) electrons. The number of carbonyl (C=O) groups excluding carboxylic acids is 1. The van der Waals surface area contributed by atoms with E-state index in [2.05, 4.69) is 5.10 Å². The number of aromatic nitrogens is 2. The van der Waals surface area contributed by atoms with E-state index in [1.807, 2.05) is 24.3 Å². The summed E-state index contributed by atoms with van der Waals surface area (Å²) in [6.07, 6.45) is 0. The molecule has 0 spiro atoms. The van der Waals surface area contributed by atoms with E-state index in [1.165, 1.54) is 4.68 Å². The molecule has 1 aromatic heterocycles.